The van der Waals surface area contributed by atoms with E-state index in [9.17, 15) is 18.0 Å². The second kappa shape index (κ2) is 12.3. The molecule has 1 atom stereocenters. The van der Waals surface area contributed by atoms with Crippen LogP contribution in [0.15, 0.2) is 42.5 Å². The third-order valence-corrected chi connectivity index (χ3v) is 7.43. The van der Waals surface area contributed by atoms with Crippen molar-refractivity contribution in [2.24, 2.45) is 0 Å². The lowest BCUT2D eigenvalue weighted by Gasteiger charge is -2.34. The van der Waals surface area contributed by atoms with Gasteiger partial charge in [0.05, 0.1) is 11.9 Å². The topological polar surface area (TPSA) is 86.8 Å². The first kappa shape index (κ1) is 29.9. The number of halogens is 2. The van der Waals surface area contributed by atoms with Crippen LogP contribution in [0, 0.1) is 0 Å². The number of aryl methyl sites for hydroxylation is 1. The molecule has 1 N–H and O–H groups in total. The minimum Gasteiger partial charge on any atom is -0.350 e. The molecular formula is C26H35Cl2N3O4S. The molecule has 0 heterocycles. The number of carbonyl (C=O) groups is 2. The molecule has 0 radical (unpaired) electrons. The molecule has 0 spiro atoms. The fraction of sp³-hybridized carbons (Fsp3) is 0.462. The Morgan fingerprint density at radius 2 is 1.56 bits per heavy atom. The van der Waals surface area contributed by atoms with E-state index in [2.05, 4.69) is 5.32 Å². The average molecular weight is 557 g/mol. The number of hydrogen-bond acceptors (Lipinski definition) is 4. The first-order chi connectivity index (χ1) is 16.7. The Bertz CT molecular complexity index is 1160. The molecule has 0 fully saturated rings. The first-order valence-electron chi connectivity index (χ1n) is 11.8. The molecular weight excluding hydrogens is 521 g/mol. The van der Waals surface area contributed by atoms with Crippen molar-refractivity contribution in [3.05, 3.63) is 63.6 Å². The first-order valence-corrected chi connectivity index (χ1v) is 14.4. The van der Waals surface area contributed by atoms with Gasteiger partial charge in [-0.1, -0.05) is 55.2 Å². The third kappa shape index (κ3) is 8.11. The number of rotatable bonds is 10. The Balaban J connectivity index is 2.51. The SMILES string of the molecule is CCc1ccc(N(CC(=O)N(Cc2c(Cl)cccc2Cl)C(CC)C(=O)NC(C)(C)C)S(C)(=O)=O)cc1. The number of nitrogens with zero attached hydrogens (tertiary/aromatic N) is 2. The maximum Gasteiger partial charge on any atom is 0.244 e. The number of anilines is 1. The zero-order chi connectivity index (χ0) is 27.3. The number of nitrogens with one attached hydrogen (secondary N) is 1. The van der Waals surface area contributed by atoms with E-state index in [0.29, 0.717) is 27.7 Å². The largest absolute Gasteiger partial charge is 0.350 e. The Hall–Kier alpha value is -2.29. The van der Waals surface area contributed by atoms with Crippen molar-refractivity contribution < 1.29 is 18.0 Å². The molecule has 2 aromatic rings. The fourth-order valence-corrected chi connectivity index (χ4v) is 5.10. The maximum absolute atomic E-state index is 13.7. The van der Waals surface area contributed by atoms with Crippen LogP contribution < -0.4 is 9.62 Å². The van der Waals surface area contributed by atoms with Crippen LogP contribution >= 0.6 is 23.2 Å². The van der Waals surface area contributed by atoms with E-state index < -0.39 is 34.1 Å². The van der Waals surface area contributed by atoms with Crippen molar-refractivity contribution in [2.45, 2.75) is 65.6 Å². The van der Waals surface area contributed by atoms with Gasteiger partial charge in [-0.15, -0.1) is 0 Å². The Kier molecular flexibility index (Phi) is 10.2. The van der Waals surface area contributed by atoms with E-state index in [1.807, 2.05) is 39.8 Å². The van der Waals surface area contributed by atoms with Crippen LogP contribution in [0.1, 0.15) is 52.2 Å². The highest BCUT2D eigenvalue weighted by Crippen LogP contribution is 2.28. The summed E-state index contributed by atoms with van der Waals surface area (Å²) < 4.78 is 26.5. The summed E-state index contributed by atoms with van der Waals surface area (Å²) in [5.74, 6) is -0.897. The third-order valence-electron chi connectivity index (χ3n) is 5.59. The van der Waals surface area contributed by atoms with Crippen molar-refractivity contribution in [3.8, 4) is 0 Å². The summed E-state index contributed by atoms with van der Waals surface area (Å²) in [5, 5.41) is 3.61. The standard InChI is InChI=1S/C26H35Cl2N3O4S/c1-7-18-12-14-19(15-13-18)31(36(6,34)35)17-24(32)30(16-20-21(27)10-9-11-22(20)28)23(8-2)25(33)29-26(3,4)5/h9-15,23H,7-8,16-17H2,1-6H3,(H,29,33). The van der Waals surface area contributed by atoms with Gasteiger partial charge in [0.1, 0.15) is 12.6 Å². The Morgan fingerprint density at radius 3 is 2.00 bits per heavy atom. The van der Waals surface area contributed by atoms with E-state index in [-0.39, 0.29) is 12.5 Å². The summed E-state index contributed by atoms with van der Waals surface area (Å²) in [6.07, 6.45) is 2.15. The van der Waals surface area contributed by atoms with Gasteiger partial charge in [0.15, 0.2) is 0 Å². The molecule has 2 rings (SSSR count). The molecule has 198 valence electrons. The smallest absolute Gasteiger partial charge is 0.244 e. The molecule has 0 bridgehead atoms. The molecule has 0 aromatic heterocycles. The van der Waals surface area contributed by atoms with Gasteiger partial charge in [-0.2, -0.15) is 0 Å². The van der Waals surface area contributed by atoms with E-state index in [0.717, 1.165) is 22.5 Å². The van der Waals surface area contributed by atoms with Gasteiger partial charge < -0.3 is 10.2 Å². The van der Waals surface area contributed by atoms with E-state index in [1.54, 1.807) is 37.3 Å². The zero-order valence-electron chi connectivity index (χ0n) is 21.6. The van der Waals surface area contributed by atoms with Crippen LogP contribution in [-0.2, 0) is 32.6 Å². The molecule has 7 nitrogen and oxygen atoms in total. The van der Waals surface area contributed by atoms with E-state index >= 15 is 0 Å². The minimum absolute atomic E-state index is 0.0558. The number of amides is 2. The molecule has 1 unspecified atom stereocenters. The predicted molar refractivity (Wildman–Crippen MR) is 147 cm³/mol. The lowest BCUT2D eigenvalue weighted by molar-refractivity contribution is -0.141. The van der Waals surface area contributed by atoms with Crippen molar-refractivity contribution in [1.82, 2.24) is 10.2 Å². The average Bonchev–Trinajstić information content (AvgIpc) is 2.77. The Labute approximate surface area is 224 Å². The Morgan fingerprint density at radius 1 is 1.00 bits per heavy atom. The van der Waals surface area contributed by atoms with Gasteiger partial charge in [-0.05, 0) is 63.4 Å². The van der Waals surface area contributed by atoms with Gasteiger partial charge in [-0.3, -0.25) is 13.9 Å². The molecule has 0 saturated heterocycles. The summed E-state index contributed by atoms with van der Waals surface area (Å²) in [6.45, 7) is 8.79. The van der Waals surface area contributed by atoms with Crippen molar-refractivity contribution in [1.29, 1.82) is 0 Å². The summed E-state index contributed by atoms with van der Waals surface area (Å²) in [6, 6.07) is 11.1. The lowest BCUT2D eigenvalue weighted by atomic mass is 10.1. The molecule has 36 heavy (non-hydrogen) atoms. The second-order valence-corrected chi connectivity index (χ2v) is 12.4. The zero-order valence-corrected chi connectivity index (χ0v) is 24.0. The lowest BCUT2D eigenvalue weighted by Crippen LogP contribution is -2.55. The molecule has 0 saturated carbocycles. The molecule has 0 aliphatic heterocycles. The van der Waals surface area contributed by atoms with Crippen molar-refractivity contribution in [3.63, 3.8) is 0 Å². The summed E-state index contributed by atoms with van der Waals surface area (Å²) >= 11 is 12.8. The quantitative estimate of drug-likeness (QED) is 0.444. The van der Waals surface area contributed by atoms with Crippen LogP contribution in [0.4, 0.5) is 5.69 Å². The van der Waals surface area contributed by atoms with Gasteiger partial charge in [-0.25, -0.2) is 8.42 Å². The molecule has 0 aliphatic carbocycles. The number of sulfonamides is 1. The van der Waals surface area contributed by atoms with Gasteiger partial charge in [0.2, 0.25) is 21.8 Å². The molecule has 0 aliphatic rings. The van der Waals surface area contributed by atoms with Crippen LogP contribution in [0.5, 0.6) is 0 Å². The normalized spacial score (nSPS) is 12.7. The van der Waals surface area contributed by atoms with Gasteiger partial charge in [0, 0.05) is 27.7 Å². The van der Waals surface area contributed by atoms with Gasteiger partial charge in [0.25, 0.3) is 0 Å². The molecule has 10 heteroatoms. The summed E-state index contributed by atoms with van der Waals surface area (Å²) in [7, 11) is -3.80. The number of benzene rings is 2. The maximum atomic E-state index is 13.7. The van der Waals surface area contributed by atoms with Crippen molar-refractivity contribution in [2.75, 3.05) is 17.1 Å². The monoisotopic (exact) mass is 555 g/mol. The summed E-state index contributed by atoms with van der Waals surface area (Å²) in [4.78, 5) is 28.3. The van der Waals surface area contributed by atoms with E-state index in [4.69, 9.17) is 23.2 Å². The predicted octanol–water partition coefficient (Wildman–Crippen LogP) is 5.04. The molecule has 2 amide bonds. The van der Waals surface area contributed by atoms with Crippen LogP contribution in [-0.4, -0.2) is 49.5 Å². The van der Waals surface area contributed by atoms with Crippen molar-refractivity contribution >= 4 is 50.7 Å². The molecule has 2 aromatic carbocycles. The fourth-order valence-electron chi connectivity index (χ4n) is 3.74. The highest BCUT2D eigenvalue weighted by molar-refractivity contribution is 7.92. The van der Waals surface area contributed by atoms with Crippen LogP contribution in [0.25, 0.3) is 0 Å². The second-order valence-electron chi connectivity index (χ2n) is 9.67. The number of carbonyl (C=O) groups excluding carboxylic acids is 2. The van der Waals surface area contributed by atoms with Crippen LogP contribution in [0.2, 0.25) is 10.0 Å². The minimum atomic E-state index is -3.80. The highest BCUT2D eigenvalue weighted by Gasteiger charge is 2.33. The van der Waals surface area contributed by atoms with Crippen LogP contribution in [0.3, 0.4) is 0 Å². The number of hydrogen-bond donors (Lipinski definition) is 1. The van der Waals surface area contributed by atoms with Gasteiger partial charge >= 0.3 is 0 Å². The summed E-state index contributed by atoms with van der Waals surface area (Å²) in [5.41, 5.74) is 1.36. The van der Waals surface area contributed by atoms with E-state index in [1.165, 1.54) is 4.90 Å². The highest BCUT2D eigenvalue weighted by atomic mass is 35.5.